The Morgan fingerprint density at radius 2 is 1.62 bits per heavy atom. The quantitative estimate of drug-likeness (QED) is 0.741. The molecular weight excluding hydrogens is 300 g/mol. The Morgan fingerprint density at radius 3 is 2.29 bits per heavy atom. The van der Waals surface area contributed by atoms with Gasteiger partial charge in [-0.3, -0.25) is 9.59 Å². The molecule has 0 saturated carbocycles. The fourth-order valence-corrected chi connectivity index (χ4v) is 2.89. The molecule has 4 nitrogen and oxygen atoms in total. The molecule has 3 rings (SSSR count). The summed E-state index contributed by atoms with van der Waals surface area (Å²) in [5, 5.41) is 1.28. The molecule has 0 atom stereocenters. The molecule has 0 fully saturated rings. The van der Waals surface area contributed by atoms with Crippen LogP contribution in [0.1, 0.15) is 22.8 Å². The second kappa shape index (κ2) is 6.71. The van der Waals surface area contributed by atoms with Crippen LogP contribution in [0, 0.1) is 0 Å². The first-order valence-electron chi connectivity index (χ1n) is 8.03. The van der Waals surface area contributed by atoms with Gasteiger partial charge < -0.3 is 9.47 Å². The van der Waals surface area contributed by atoms with Gasteiger partial charge in [0.05, 0.1) is 5.56 Å². The summed E-state index contributed by atoms with van der Waals surface area (Å²) in [5.74, 6) is -0.0619. The van der Waals surface area contributed by atoms with E-state index in [4.69, 9.17) is 0 Å². The summed E-state index contributed by atoms with van der Waals surface area (Å²) in [6.07, 6.45) is 1.64. The van der Waals surface area contributed by atoms with E-state index in [-0.39, 0.29) is 11.5 Å². The number of hydrogen-bond donors (Lipinski definition) is 0. The van der Waals surface area contributed by atoms with Crippen molar-refractivity contribution in [2.45, 2.75) is 13.5 Å². The van der Waals surface area contributed by atoms with Crippen molar-refractivity contribution in [3.8, 4) is 0 Å². The van der Waals surface area contributed by atoms with Gasteiger partial charge in [-0.05, 0) is 18.6 Å². The van der Waals surface area contributed by atoms with E-state index in [9.17, 15) is 9.59 Å². The highest BCUT2D eigenvalue weighted by Crippen LogP contribution is 2.18. The fraction of sp³-hybridized carbons (Fsp3) is 0.200. The van der Waals surface area contributed by atoms with Crippen LogP contribution in [0.15, 0.2) is 65.6 Å². The molecule has 122 valence electrons. The summed E-state index contributed by atoms with van der Waals surface area (Å²) in [4.78, 5) is 27.1. The maximum Gasteiger partial charge on any atom is 0.258 e. The van der Waals surface area contributed by atoms with Crippen molar-refractivity contribution in [2.75, 3.05) is 6.54 Å². The molecule has 0 saturated heterocycles. The number of aryl methyl sites for hydroxylation is 1. The number of carbonyl (C=O) groups excluding carboxylic acids is 1. The Morgan fingerprint density at radius 1 is 1.00 bits per heavy atom. The van der Waals surface area contributed by atoms with E-state index in [1.165, 1.54) is 4.57 Å². The molecule has 4 heteroatoms. The van der Waals surface area contributed by atoms with Crippen molar-refractivity contribution in [3.05, 3.63) is 82.3 Å². The number of nitrogens with zero attached hydrogens (tertiary/aromatic N) is 2. The topological polar surface area (TPSA) is 42.3 Å². The zero-order valence-electron chi connectivity index (χ0n) is 13.9. The van der Waals surface area contributed by atoms with Gasteiger partial charge in [0.25, 0.3) is 11.5 Å². The highest BCUT2D eigenvalue weighted by molar-refractivity contribution is 6.06. The molecule has 3 aromatic rings. The van der Waals surface area contributed by atoms with Crippen LogP contribution in [0.3, 0.4) is 0 Å². The third-order valence-electron chi connectivity index (χ3n) is 4.21. The number of hydrogen-bond acceptors (Lipinski definition) is 2. The number of benzene rings is 2. The zero-order valence-corrected chi connectivity index (χ0v) is 13.9. The average Bonchev–Trinajstić information content (AvgIpc) is 2.63. The molecule has 0 aliphatic rings. The molecule has 0 bridgehead atoms. The van der Waals surface area contributed by atoms with Crippen molar-refractivity contribution < 1.29 is 4.79 Å². The summed E-state index contributed by atoms with van der Waals surface area (Å²) in [7, 11) is 1.68. The Hall–Kier alpha value is -2.88. The molecule has 2 aromatic carbocycles. The van der Waals surface area contributed by atoms with E-state index in [0.717, 1.165) is 5.56 Å². The standard InChI is InChI=1S/C20H20N2O2/c1-3-22(13-15-9-5-4-6-10-15)20(24)18-14-21(2)19(23)17-12-8-7-11-16(17)18/h4-12,14H,3,13H2,1-2H3. The lowest BCUT2D eigenvalue weighted by Gasteiger charge is -2.22. The number of pyridine rings is 1. The van der Waals surface area contributed by atoms with Crippen molar-refractivity contribution in [3.63, 3.8) is 0 Å². The van der Waals surface area contributed by atoms with Crippen LogP contribution < -0.4 is 5.56 Å². The highest BCUT2D eigenvalue weighted by atomic mass is 16.2. The maximum atomic E-state index is 13.1. The van der Waals surface area contributed by atoms with E-state index in [1.54, 1.807) is 24.2 Å². The van der Waals surface area contributed by atoms with Gasteiger partial charge in [0.1, 0.15) is 0 Å². The van der Waals surface area contributed by atoms with Crippen LogP contribution in [-0.2, 0) is 13.6 Å². The lowest BCUT2D eigenvalue weighted by Crippen LogP contribution is -2.32. The second-order valence-corrected chi connectivity index (χ2v) is 5.81. The summed E-state index contributed by atoms with van der Waals surface area (Å²) in [6.45, 7) is 3.11. The SMILES string of the molecule is CCN(Cc1ccccc1)C(=O)c1cn(C)c(=O)c2ccccc12. The summed E-state index contributed by atoms with van der Waals surface area (Å²) in [6, 6.07) is 17.2. The van der Waals surface area contributed by atoms with Gasteiger partial charge >= 0.3 is 0 Å². The minimum atomic E-state index is -0.0896. The van der Waals surface area contributed by atoms with Gasteiger partial charge in [-0.2, -0.15) is 0 Å². The molecule has 0 radical (unpaired) electrons. The molecule has 0 N–H and O–H groups in total. The predicted octanol–water partition coefficient (Wildman–Crippen LogP) is 3.20. The van der Waals surface area contributed by atoms with E-state index in [1.807, 2.05) is 55.5 Å². The smallest absolute Gasteiger partial charge is 0.258 e. The first-order chi connectivity index (χ1) is 11.6. The van der Waals surface area contributed by atoms with Gasteiger partial charge in [0.15, 0.2) is 0 Å². The third-order valence-corrected chi connectivity index (χ3v) is 4.21. The summed E-state index contributed by atoms with van der Waals surface area (Å²) in [5.41, 5.74) is 1.56. The van der Waals surface area contributed by atoms with Crippen LogP contribution in [-0.4, -0.2) is 21.9 Å². The van der Waals surface area contributed by atoms with E-state index >= 15 is 0 Å². The Bertz CT molecular complexity index is 929. The van der Waals surface area contributed by atoms with Gasteiger partial charge in [-0.25, -0.2) is 0 Å². The molecule has 0 aliphatic heterocycles. The maximum absolute atomic E-state index is 13.1. The predicted molar refractivity (Wildman–Crippen MR) is 96.0 cm³/mol. The first-order valence-corrected chi connectivity index (χ1v) is 8.03. The molecule has 1 heterocycles. The zero-order chi connectivity index (χ0) is 17.1. The Labute approximate surface area is 141 Å². The molecule has 1 amide bonds. The Balaban J connectivity index is 2.04. The Kier molecular flexibility index (Phi) is 4.47. The molecule has 0 spiro atoms. The lowest BCUT2D eigenvalue weighted by molar-refractivity contribution is 0.0753. The van der Waals surface area contributed by atoms with Gasteiger partial charge in [-0.1, -0.05) is 48.5 Å². The van der Waals surface area contributed by atoms with Crippen LogP contribution in [0.4, 0.5) is 0 Å². The number of rotatable bonds is 4. The van der Waals surface area contributed by atoms with Crippen molar-refractivity contribution in [1.82, 2.24) is 9.47 Å². The van der Waals surface area contributed by atoms with Crippen LogP contribution >= 0.6 is 0 Å². The average molecular weight is 320 g/mol. The lowest BCUT2D eigenvalue weighted by atomic mass is 10.1. The van der Waals surface area contributed by atoms with Crippen LogP contribution in [0.25, 0.3) is 10.8 Å². The molecular formula is C20H20N2O2. The third kappa shape index (κ3) is 2.95. The second-order valence-electron chi connectivity index (χ2n) is 5.81. The molecule has 1 aromatic heterocycles. The van der Waals surface area contributed by atoms with Gasteiger partial charge in [-0.15, -0.1) is 0 Å². The highest BCUT2D eigenvalue weighted by Gasteiger charge is 2.19. The van der Waals surface area contributed by atoms with Crippen molar-refractivity contribution >= 4 is 16.7 Å². The summed E-state index contributed by atoms with van der Waals surface area (Å²) < 4.78 is 1.48. The monoisotopic (exact) mass is 320 g/mol. The number of amides is 1. The first kappa shape index (κ1) is 16.0. The minimum absolute atomic E-state index is 0.0619. The van der Waals surface area contributed by atoms with Crippen LogP contribution in [0.2, 0.25) is 0 Å². The van der Waals surface area contributed by atoms with Crippen molar-refractivity contribution in [2.24, 2.45) is 7.05 Å². The number of fused-ring (bicyclic) bond motifs is 1. The molecule has 0 unspecified atom stereocenters. The van der Waals surface area contributed by atoms with Gasteiger partial charge in [0.2, 0.25) is 0 Å². The summed E-state index contributed by atoms with van der Waals surface area (Å²) >= 11 is 0. The van der Waals surface area contributed by atoms with E-state index < -0.39 is 0 Å². The number of aromatic nitrogens is 1. The van der Waals surface area contributed by atoms with E-state index in [2.05, 4.69) is 0 Å². The minimum Gasteiger partial charge on any atom is -0.335 e. The van der Waals surface area contributed by atoms with Gasteiger partial charge in [0, 0.05) is 37.1 Å². The molecule has 24 heavy (non-hydrogen) atoms. The molecule has 0 aliphatic carbocycles. The van der Waals surface area contributed by atoms with Crippen LogP contribution in [0.5, 0.6) is 0 Å². The fourth-order valence-electron chi connectivity index (χ4n) is 2.89. The number of carbonyl (C=O) groups is 1. The van der Waals surface area contributed by atoms with Crippen molar-refractivity contribution in [1.29, 1.82) is 0 Å². The normalized spacial score (nSPS) is 10.8. The van der Waals surface area contributed by atoms with E-state index in [0.29, 0.717) is 29.4 Å². The largest absolute Gasteiger partial charge is 0.335 e.